The van der Waals surface area contributed by atoms with Crippen LogP contribution in [0.5, 0.6) is 0 Å². The molecule has 0 atom stereocenters. The van der Waals surface area contributed by atoms with Gasteiger partial charge < -0.3 is 19.9 Å². The maximum absolute atomic E-state index is 12.8. The normalized spacial score (nSPS) is 15.5. The average Bonchev–Trinajstić information content (AvgIpc) is 3.20. The molecule has 0 radical (unpaired) electrons. The molecule has 3 aromatic heterocycles. The summed E-state index contributed by atoms with van der Waals surface area (Å²) < 4.78 is 1.77. The van der Waals surface area contributed by atoms with Crippen molar-refractivity contribution in [2.45, 2.75) is 0 Å². The average molecular weight is 314 g/mol. The van der Waals surface area contributed by atoms with Crippen molar-refractivity contribution >= 4 is 28.8 Å². The zero-order chi connectivity index (χ0) is 16.0. The van der Waals surface area contributed by atoms with E-state index in [1.165, 1.54) is 11.1 Å². The Balaban J connectivity index is 1.68. The van der Waals surface area contributed by atoms with Crippen molar-refractivity contribution in [3.63, 3.8) is 0 Å². The molecule has 1 aliphatic rings. The van der Waals surface area contributed by atoms with Crippen LogP contribution in [0.15, 0.2) is 24.7 Å². The Labute approximate surface area is 130 Å². The Hall–Kier alpha value is -3.10. The van der Waals surface area contributed by atoms with E-state index in [0.29, 0.717) is 43.2 Å². The summed E-state index contributed by atoms with van der Waals surface area (Å²) >= 11 is 0. The molecule has 1 aliphatic heterocycles. The monoisotopic (exact) mass is 314 g/mol. The van der Waals surface area contributed by atoms with E-state index >= 15 is 0 Å². The highest BCUT2D eigenvalue weighted by Gasteiger charge is 2.26. The van der Waals surface area contributed by atoms with Crippen LogP contribution in [0.25, 0.3) is 16.8 Å². The number of rotatable bonds is 1. The lowest BCUT2D eigenvalue weighted by molar-refractivity contribution is 0.0619. The molecule has 9 nitrogen and oxygen atoms in total. The number of hydrogen-bond acceptors (Lipinski definition) is 4. The van der Waals surface area contributed by atoms with Crippen molar-refractivity contribution in [1.82, 2.24) is 29.2 Å². The summed E-state index contributed by atoms with van der Waals surface area (Å²) in [5, 5.41) is 8.98. The van der Waals surface area contributed by atoms with Crippen LogP contribution in [0.4, 0.5) is 4.79 Å². The van der Waals surface area contributed by atoms with Gasteiger partial charge in [0.15, 0.2) is 11.3 Å². The highest BCUT2D eigenvalue weighted by atomic mass is 16.4. The first-order valence-electron chi connectivity index (χ1n) is 7.22. The van der Waals surface area contributed by atoms with Crippen molar-refractivity contribution in [2.24, 2.45) is 0 Å². The van der Waals surface area contributed by atoms with Crippen LogP contribution in [0.2, 0.25) is 0 Å². The van der Waals surface area contributed by atoms with Crippen molar-refractivity contribution in [1.29, 1.82) is 0 Å². The molecule has 4 rings (SSSR count). The Morgan fingerprint density at radius 2 is 1.83 bits per heavy atom. The van der Waals surface area contributed by atoms with Gasteiger partial charge in [0.2, 0.25) is 0 Å². The van der Waals surface area contributed by atoms with Crippen molar-refractivity contribution < 1.29 is 14.7 Å². The highest BCUT2D eigenvalue weighted by molar-refractivity contribution is 5.95. The minimum absolute atomic E-state index is 0.156. The zero-order valence-corrected chi connectivity index (χ0v) is 12.1. The fourth-order valence-electron chi connectivity index (χ4n) is 2.88. The Morgan fingerprint density at radius 3 is 2.57 bits per heavy atom. The number of aromatic amines is 1. The first kappa shape index (κ1) is 13.6. The number of carbonyl (C=O) groups excluding carboxylic acids is 1. The van der Waals surface area contributed by atoms with Gasteiger partial charge in [-0.05, 0) is 6.07 Å². The maximum atomic E-state index is 12.8. The summed E-state index contributed by atoms with van der Waals surface area (Å²) in [7, 11) is 0. The number of carbonyl (C=O) groups is 2. The van der Waals surface area contributed by atoms with Crippen LogP contribution in [-0.2, 0) is 0 Å². The minimum Gasteiger partial charge on any atom is -0.465 e. The van der Waals surface area contributed by atoms with E-state index in [2.05, 4.69) is 15.0 Å². The molecule has 2 amide bonds. The van der Waals surface area contributed by atoms with Gasteiger partial charge in [-0.3, -0.25) is 9.20 Å². The van der Waals surface area contributed by atoms with Gasteiger partial charge in [0.1, 0.15) is 5.69 Å². The Kier molecular flexibility index (Phi) is 2.93. The predicted molar refractivity (Wildman–Crippen MR) is 80.3 cm³/mol. The number of fused-ring (bicyclic) bond motifs is 3. The molecule has 23 heavy (non-hydrogen) atoms. The number of carboxylic acid groups (broad SMARTS) is 1. The third-order valence-corrected chi connectivity index (χ3v) is 4.10. The van der Waals surface area contributed by atoms with Crippen LogP contribution in [0, 0.1) is 0 Å². The summed E-state index contributed by atoms with van der Waals surface area (Å²) in [4.78, 5) is 38.2. The van der Waals surface area contributed by atoms with Crippen LogP contribution in [-0.4, -0.2) is 72.4 Å². The van der Waals surface area contributed by atoms with Crippen LogP contribution >= 0.6 is 0 Å². The molecule has 1 fully saturated rings. The fraction of sp³-hybridized carbons (Fsp3) is 0.286. The fourth-order valence-corrected chi connectivity index (χ4v) is 2.88. The topological polar surface area (TPSA) is 107 Å². The lowest BCUT2D eigenvalue weighted by Crippen LogP contribution is -2.50. The number of nitrogens with one attached hydrogen (secondary N) is 1. The van der Waals surface area contributed by atoms with Gasteiger partial charge in [0, 0.05) is 32.4 Å². The quantitative estimate of drug-likeness (QED) is 0.685. The number of piperazine rings is 1. The standard InChI is InChI=1S/C14H14N6O3/c21-13(18-3-5-19(6-4-18)14(22)23)10-7-16-11-8-17-12-9(20(10)11)1-2-15-12/h1-2,7-8,15H,3-6H2,(H,22,23). The number of imidazole rings is 1. The van der Waals surface area contributed by atoms with Crippen molar-refractivity contribution in [3.8, 4) is 0 Å². The lowest BCUT2D eigenvalue weighted by atomic mass is 10.3. The van der Waals surface area contributed by atoms with E-state index in [9.17, 15) is 9.59 Å². The molecule has 0 unspecified atom stereocenters. The first-order chi connectivity index (χ1) is 11.1. The summed E-state index contributed by atoms with van der Waals surface area (Å²) in [6, 6.07) is 1.84. The number of aromatic nitrogens is 4. The first-order valence-corrected chi connectivity index (χ1v) is 7.22. The van der Waals surface area contributed by atoms with E-state index in [1.807, 2.05) is 6.07 Å². The predicted octanol–water partition coefficient (Wildman–Crippen LogP) is 0.646. The molecule has 2 N–H and O–H groups in total. The summed E-state index contributed by atoms with van der Waals surface area (Å²) in [5.74, 6) is -0.156. The molecule has 0 saturated carbocycles. The molecule has 1 saturated heterocycles. The minimum atomic E-state index is -0.952. The SMILES string of the molecule is O=C(O)N1CCN(C(=O)c2cnc3cnc4[nH]ccc4n23)CC1. The highest BCUT2D eigenvalue weighted by Crippen LogP contribution is 2.17. The third kappa shape index (κ3) is 2.08. The molecule has 4 heterocycles. The second-order valence-corrected chi connectivity index (χ2v) is 5.37. The maximum Gasteiger partial charge on any atom is 0.407 e. The van der Waals surface area contributed by atoms with Gasteiger partial charge in [-0.2, -0.15) is 0 Å². The van der Waals surface area contributed by atoms with Gasteiger partial charge >= 0.3 is 6.09 Å². The number of nitrogens with zero attached hydrogens (tertiary/aromatic N) is 5. The Bertz CT molecular complexity index is 906. The van der Waals surface area contributed by atoms with Gasteiger partial charge in [-0.25, -0.2) is 14.8 Å². The second-order valence-electron chi connectivity index (χ2n) is 5.37. The third-order valence-electron chi connectivity index (χ3n) is 4.10. The number of hydrogen-bond donors (Lipinski definition) is 2. The zero-order valence-electron chi connectivity index (χ0n) is 12.1. The Morgan fingerprint density at radius 1 is 1.09 bits per heavy atom. The molecule has 0 aromatic carbocycles. The largest absolute Gasteiger partial charge is 0.465 e. The van der Waals surface area contributed by atoms with Crippen LogP contribution in [0.3, 0.4) is 0 Å². The van der Waals surface area contributed by atoms with Crippen molar-refractivity contribution in [2.75, 3.05) is 26.2 Å². The van der Waals surface area contributed by atoms with E-state index in [4.69, 9.17) is 5.11 Å². The molecule has 118 valence electrons. The molecule has 9 heteroatoms. The number of amides is 2. The molecule has 3 aromatic rings. The van der Waals surface area contributed by atoms with E-state index in [-0.39, 0.29) is 5.91 Å². The van der Waals surface area contributed by atoms with Gasteiger partial charge in [-0.1, -0.05) is 0 Å². The van der Waals surface area contributed by atoms with Gasteiger partial charge in [-0.15, -0.1) is 0 Å². The van der Waals surface area contributed by atoms with Gasteiger partial charge in [0.05, 0.1) is 17.9 Å². The molecule has 0 spiro atoms. The van der Waals surface area contributed by atoms with Gasteiger partial charge in [0.25, 0.3) is 5.91 Å². The molecular formula is C14H14N6O3. The molecular weight excluding hydrogens is 300 g/mol. The summed E-state index contributed by atoms with van der Waals surface area (Å²) in [6.07, 6.45) is 3.96. The lowest BCUT2D eigenvalue weighted by Gasteiger charge is -2.32. The summed E-state index contributed by atoms with van der Waals surface area (Å²) in [6.45, 7) is 1.39. The second kappa shape index (κ2) is 4.97. The molecule has 0 aliphatic carbocycles. The number of H-pyrrole nitrogens is 1. The van der Waals surface area contributed by atoms with E-state index in [1.54, 1.807) is 21.7 Å². The van der Waals surface area contributed by atoms with E-state index in [0.717, 1.165) is 5.52 Å². The summed E-state index contributed by atoms with van der Waals surface area (Å²) in [5.41, 5.74) is 2.52. The van der Waals surface area contributed by atoms with Crippen LogP contribution in [0.1, 0.15) is 10.5 Å². The smallest absolute Gasteiger partial charge is 0.407 e. The van der Waals surface area contributed by atoms with E-state index < -0.39 is 6.09 Å². The van der Waals surface area contributed by atoms with Crippen LogP contribution < -0.4 is 0 Å². The molecule has 0 bridgehead atoms. The van der Waals surface area contributed by atoms with Crippen molar-refractivity contribution in [3.05, 3.63) is 30.4 Å².